The third kappa shape index (κ3) is 3.18. The monoisotopic (exact) mass is 197 g/mol. The second-order valence-electron chi connectivity index (χ2n) is 3.87. The molecule has 1 aromatic rings. The van der Waals surface area contributed by atoms with Crippen molar-refractivity contribution in [3.63, 3.8) is 0 Å². The normalized spacial score (nSPS) is 11.4. The van der Waals surface area contributed by atoms with Gasteiger partial charge in [0.05, 0.1) is 5.60 Å². The first kappa shape index (κ1) is 10.7. The maximum Gasteiger partial charge on any atom is 0.271 e. The molecule has 78 valence electrons. The minimum Gasteiger partial charge on any atom is -0.389 e. The molecule has 5 nitrogen and oxygen atoms in total. The fraction of sp³-hybridized carbons (Fsp3) is 0.556. The van der Waals surface area contributed by atoms with Gasteiger partial charge in [0.25, 0.3) is 5.91 Å². The molecular weight excluding hydrogens is 182 g/mol. The molecule has 0 aliphatic rings. The molecule has 0 aliphatic heterocycles. The van der Waals surface area contributed by atoms with Gasteiger partial charge in [-0.2, -0.15) is 5.10 Å². The van der Waals surface area contributed by atoms with E-state index in [1.165, 1.54) is 0 Å². The number of aryl methyl sites for hydroxylation is 1. The smallest absolute Gasteiger partial charge is 0.271 e. The Kier molecular flexibility index (Phi) is 2.90. The molecular formula is C9H15N3O2. The molecule has 0 atom stereocenters. The van der Waals surface area contributed by atoms with Crippen LogP contribution in [-0.2, 0) is 7.05 Å². The van der Waals surface area contributed by atoms with Crippen LogP contribution in [0.5, 0.6) is 0 Å². The van der Waals surface area contributed by atoms with Crippen LogP contribution in [0.25, 0.3) is 0 Å². The largest absolute Gasteiger partial charge is 0.389 e. The summed E-state index contributed by atoms with van der Waals surface area (Å²) < 4.78 is 1.55. The van der Waals surface area contributed by atoms with Crippen LogP contribution < -0.4 is 5.32 Å². The predicted octanol–water partition coefficient (Wildman–Crippen LogP) is -0.0792. The zero-order valence-corrected chi connectivity index (χ0v) is 8.61. The van der Waals surface area contributed by atoms with Gasteiger partial charge in [-0.3, -0.25) is 9.48 Å². The fourth-order valence-electron chi connectivity index (χ4n) is 0.923. The van der Waals surface area contributed by atoms with Gasteiger partial charge in [-0.25, -0.2) is 0 Å². The molecule has 0 aromatic carbocycles. The summed E-state index contributed by atoms with van der Waals surface area (Å²) in [5.41, 5.74) is -0.540. The van der Waals surface area contributed by atoms with Gasteiger partial charge in [0.1, 0.15) is 5.69 Å². The Morgan fingerprint density at radius 2 is 2.36 bits per heavy atom. The number of hydrogen-bond donors (Lipinski definition) is 2. The van der Waals surface area contributed by atoms with Crippen molar-refractivity contribution in [1.82, 2.24) is 15.1 Å². The second-order valence-corrected chi connectivity index (χ2v) is 3.87. The van der Waals surface area contributed by atoms with Gasteiger partial charge in [0, 0.05) is 19.8 Å². The summed E-state index contributed by atoms with van der Waals surface area (Å²) in [5, 5.41) is 15.9. The van der Waals surface area contributed by atoms with E-state index in [9.17, 15) is 9.90 Å². The van der Waals surface area contributed by atoms with Crippen LogP contribution in [0.4, 0.5) is 0 Å². The van der Waals surface area contributed by atoms with Crippen molar-refractivity contribution in [2.24, 2.45) is 7.05 Å². The van der Waals surface area contributed by atoms with Crippen LogP contribution in [-0.4, -0.2) is 32.9 Å². The van der Waals surface area contributed by atoms with Crippen molar-refractivity contribution in [1.29, 1.82) is 0 Å². The summed E-state index contributed by atoms with van der Waals surface area (Å²) in [4.78, 5) is 11.4. The molecule has 1 aromatic heterocycles. The lowest BCUT2D eigenvalue weighted by Crippen LogP contribution is -2.38. The highest BCUT2D eigenvalue weighted by molar-refractivity contribution is 5.92. The first-order valence-electron chi connectivity index (χ1n) is 4.39. The van der Waals surface area contributed by atoms with E-state index in [1.54, 1.807) is 37.8 Å². The molecule has 0 saturated carbocycles. The number of aromatic nitrogens is 2. The van der Waals surface area contributed by atoms with Crippen LogP contribution >= 0.6 is 0 Å². The molecule has 1 rings (SSSR count). The van der Waals surface area contributed by atoms with Crippen LogP contribution in [0, 0.1) is 0 Å². The number of aliphatic hydroxyl groups is 1. The third-order valence-corrected chi connectivity index (χ3v) is 1.63. The zero-order chi connectivity index (χ0) is 10.8. The molecule has 0 bridgehead atoms. The van der Waals surface area contributed by atoms with E-state index in [2.05, 4.69) is 10.4 Å². The van der Waals surface area contributed by atoms with Crippen molar-refractivity contribution >= 4 is 5.91 Å². The van der Waals surface area contributed by atoms with E-state index in [0.717, 1.165) is 0 Å². The van der Waals surface area contributed by atoms with Crippen LogP contribution in [0.15, 0.2) is 12.3 Å². The topological polar surface area (TPSA) is 67.2 Å². The van der Waals surface area contributed by atoms with E-state index in [-0.39, 0.29) is 12.5 Å². The van der Waals surface area contributed by atoms with Crippen LogP contribution in [0.2, 0.25) is 0 Å². The van der Waals surface area contributed by atoms with E-state index in [0.29, 0.717) is 5.69 Å². The fourth-order valence-corrected chi connectivity index (χ4v) is 0.923. The van der Waals surface area contributed by atoms with Crippen molar-refractivity contribution in [3.8, 4) is 0 Å². The van der Waals surface area contributed by atoms with Crippen LogP contribution in [0.3, 0.4) is 0 Å². The van der Waals surface area contributed by atoms with E-state index < -0.39 is 5.60 Å². The summed E-state index contributed by atoms with van der Waals surface area (Å²) in [6.07, 6.45) is 1.69. The highest BCUT2D eigenvalue weighted by Gasteiger charge is 2.15. The lowest BCUT2D eigenvalue weighted by Gasteiger charge is -2.16. The molecule has 0 saturated heterocycles. The first-order valence-corrected chi connectivity index (χ1v) is 4.39. The van der Waals surface area contributed by atoms with E-state index in [4.69, 9.17) is 0 Å². The molecule has 0 fully saturated rings. The number of nitrogens with zero attached hydrogens (tertiary/aromatic N) is 2. The summed E-state index contributed by atoms with van der Waals surface area (Å²) in [7, 11) is 1.74. The van der Waals surface area contributed by atoms with Gasteiger partial charge >= 0.3 is 0 Å². The number of carbonyl (C=O) groups is 1. The Hall–Kier alpha value is -1.36. The second kappa shape index (κ2) is 3.79. The lowest BCUT2D eigenvalue weighted by atomic mass is 10.1. The van der Waals surface area contributed by atoms with Gasteiger partial charge in [0.15, 0.2) is 0 Å². The van der Waals surface area contributed by atoms with Gasteiger partial charge in [-0.05, 0) is 19.9 Å². The zero-order valence-electron chi connectivity index (χ0n) is 8.61. The summed E-state index contributed by atoms with van der Waals surface area (Å²) in [6, 6.07) is 1.62. The lowest BCUT2D eigenvalue weighted by molar-refractivity contribution is 0.0691. The van der Waals surface area contributed by atoms with Gasteiger partial charge in [0.2, 0.25) is 0 Å². The molecule has 0 spiro atoms. The predicted molar refractivity (Wildman–Crippen MR) is 51.8 cm³/mol. The number of carbonyl (C=O) groups excluding carboxylic acids is 1. The van der Waals surface area contributed by atoms with E-state index in [1.807, 2.05) is 0 Å². The quantitative estimate of drug-likeness (QED) is 0.712. The summed E-state index contributed by atoms with van der Waals surface area (Å²) >= 11 is 0. The number of nitrogens with one attached hydrogen (secondary N) is 1. The molecule has 1 heterocycles. The highest BCUT2D eigenvalue weighted by atomic mass is 16.3. The number of rotatable bonds is 3. The summed E-state index contributed by atoms with van der Waals surface area (Å²) in [6.45, 7) is 3.47. The molecule has 1 amide bonds. The molecule has 5 heteroatoms. The van der Waals surface area contributed by atoms with Gasteiger partial charge in [-0.15, -0.1) is 0 Å². The SMILES string of the molecule is Cn1ccc(C(=O)NCC(C)(C)O)n1. The molecule has 0 radical (unpaired) electrons. The Morgan fingerprint density at radius 3 is 2.79 bits per heavy atom. The van der Waals surface area contributed by atoms with Crippen molar-refractivity contribution < 1.29 is 9.90 Å². The standard InChI is InChI=1S/C9H15N3O2/c1-9(2,14)6-10-8(13)7-4-5-12(3)11-7/h4-5,14H,6H2,1-3H3,(H,10,13). The van der Waals surface area contributed by atoms with Crippen LogP contribution in [0.1, 0.15) is 24.3 Å². The Bertz CT molecular complexity index is 325. The minimum atomic E-state index is -0.898. The molecule has 14 heavy (non-hydrogen) atoms. The maximum atomic E-state index is 11.4. The molecule has 0 aliphatic carbocycles. The van der Waals surface area contributed by atoms with E-state index >= 15 is 0 Å². The molecule has 0 unspecified atom stereocenters. The average Bonchev–Trinajstić information content (AvgIpc) is 2.46. The Balaban J connectivity index is 2.52. The first-order chi connectivity index (χ1) is 6.38. The van der Waals surface area contributed by atoms with Crippen molar-refractivity contribution in [3.05, 3.63) is 18.0 Å². The van der Waals surface area contributed by atoms with Gasteiger partial charge < -0.3 is 10.4 Å². The number of hydrogen-bond acceptors (Lipinski definition) is 3. The minimum absolute atomic E-state index is 0.211. The van der Waals surface area contributed by atoms with Crippen molar-refractivity contribution in [2.75, 3.05) is 6.54 Å². The highest BCUT2D eigenvalue weighted by Crippen LogP contribution is 1.99. The number of amides is 1. The maximum absolute atomic E-state index is 11.4. The Morgan fingerprint density at radius 1 is 1.71 bits per heavy atom. The molecule has 2 N–H and O–H groups in total. The van der Waals surface area contributed by atoms with Gasteiger partial charge in [-0.1, -0.05) is 0 Å². The average molecular weight is 197 g/mol. The summed E-state index contributed by atoms with van der Waals surface area (Å²) in [5.74, 6) is -0.271. The van der Waals surface area contributed by atoms with Crippen molar-refractivity contribution in [2.45, 2.75) is 19.4 Å². The third-order valence-electron chi connectivity index (χ3n) is 1.63. The Labute approximate surface area is 82.7 Å².